The minimum absolute atomic E-state index is 0.0659. The molecule has 0 fully saturated rings. The van der Waals surface area contributed by atoms with Crippen molar-refractivity contribution in [3.05, 3.63) is 59.6 Å². The van der Waals surface area contributed by atoms with Gasteiger partial charge in [0.15, 0.2) is 5.13 Å². The number of hydrogen-bond donors (Lipinski definition) is 1. The summed E-state index contributed by atoms with van der Waals surface area (Å²) in [4.78, 5) is 22.0. The van der Waals surface area contributed by atoms with Crippen molar-refractivity contribution in [2.75, 3.05) is 11.6 Å². The Morgan fingerprint density at radius 2 is 2.00 bits per heavy atom. The standard InChI is InChI=1S/C17H15N3OS2/c1-22-13-7-5-12(6-8-13)10-16(21)20-17-19-15(11-23-17)14-4-2-3-9-18-14/h2-9,11H,10H2,1H3,(H,19,20,21). The largest absolute Gasteiger partial charge is 0.302 e. The number of nitrogens with zero attached hydrogens (tertiary/aromatic N) is 2. The van der Waals surface area contributed by atoms with Crippen molar-refractivity contribution in [1.29, 1.82) is 0 Å². The lowest BCUT2D eigenvalue weighted by molar-refractivity contribution is -0.115. The van der Waals surface area contributed by atoms with Crippen LogP contribution in [0.3, 0.4) is 0 Å². The molecule has 0 saturated carbocycles. The summed E-state index contributed by atoms with van der Waals surface area (Å²) in [6, 6.07) is 13.7. The molecule has 0 aliphatic carbocycles. The molecule has 1 aromatic carbocycles. The van der Waals surface area contributed by atoms with Crippen LogP contribution in [-0.2, 0) is 11.2 Å². The van der Waals surface area contributed by atoms with Crippen LogP contribution in [0.4, 0.5) is 5.13 Å². The van der Waals surface area contributed by atoms with Crippen LogP contribution in [0.5, 0.6) is 0 Å². The van der Waals surface area contributed by atoms with Gasteiger partial charge in [-0.3, -0.25) is 9.78 Å². The van der Waals surface area contributed by atoms with E-state index in [-0.39, 0.29) is 5.91 Å². The van der Waals surface area contributed by atoms with Gasteiger partial charge in [-0.15, -0.1) is 23.1 Å². The zero-order chi connectivity index (χ0) is 16.1. The number of hydrogen-bond acceptors (Lipinski definition) is 5. The molecule has 6 heteroatoms. The highest BCUT2D eigenvalue weighted by atomic mass is 32.2. The average molecular weight is 341 g/mol. The van der Waals surface area contributed by atoms with E-state index in [1.807, 2.05) is 54.1 Å². The molecule has 0 aliphatic heterocycles. The maximum atomic E-state index is 12.1. The van der Waals surface area contributed by atoms with Gasteiger partial charge in [-0.2, -0.15) is 0 Å². The summed E-state index contributed by atoms with van der Waals surface area (Å²) in [7, 11) is 0. The first-order valence-corrected chi connectivity index (χ1v) is 9.15. The van der Waals surface area contributed by atoms with Gasteiger partial charge in [0.05, 0.1) is 12.1 Å². The zero-order valence-corrected chi connectivity index (χ0v) is 14.2. The second kappa shape index (κ2) is 7.39. The summed E-state index contributed by atoms with van der Waals surface area (Å²) in [5.41, 5.74) is 2.56. The third-order valence-corrected chi connectivity index (χ3v) is 4.70. The molecule has 0 saturated heterocycles. The molecule has 0 radical (unpaired) electrons. The van der Waals surface area contributed by atoms with Crippen molar-refractivity contribution in [2.24, 2.45) is 0 Å². The number of amides is 1. The Labute approximate surface area is 143 Å². The third-order valence-electron chi connectivity index (χ3n) is 3.20. The number of pyridine rings is 1. The Kier molecular flexibility index (Phi) is 5.05. The van der Waals surface area contributed by atoms with E-state index >= 15 is 0 Å². The first-order valence-electron chi connectivity index (χ1n) is 7.04. The highest BCUT2D eigenvalue weighted by molar-refractivity contribution is 7.98. The van der Waals surface area contributed by atoms with E-state index in [2.05, 4.69) is 15.3 Å². The topological polar surface area (TPSA) is 54.9 Å². The molecule has 1 amide bonds. The Morgan fingerprint density at radius 1 is 1.17 bits per heavy atom. The molecule has 0 aliphatic rings. The van der Waals surface area contributed by atoms with Crippen LogP contribution in [0.25, 0.3) is 11.4 Å². The summed E-state index contributed by atoms with van der Waals surface area (Å²) in [6.07, 6.45) is 4.10. The molecule has 3 rings (SSSR count). The number of carbonyl (C=O) groups excluding carboxylic acids is 1. The smallest absolute Gasteiger partial charge is 0.230 e. The van der Waals surface area contributed by atoms with Crippen LogP contribution < -0.4 is 5.32 Å². The number of anilines is 1. The third kappa shape index (κ3) is 4.18. The molecule has 3 aromatic rings. The van der Waals surface area contributed by atoms with Crippen molar-refractivity contribution in [3.63, 3.8) is 0 Å². The lowest BCUT2D eigenvalue weighted by Gasteiger charge is -2.03. The second-order valence-electron chi connectivity index (χ2n) is 4.83. The molecule has 4 nitrogen and oxygen atoms in total. The predicted octanol–water partition coefficient (Wildman–Crippen LogP) is 4.11. The Balaban J connectivity index is 1.63. The van der Waals surface area contributed by atoms with Crippen LogP contribution in [0.2, 0.25) is 0 Å². The van der Waals surface area contributed by atoms with Crippen molar-refractivity contribution in [3.8, 4) is 11.4 Å². The highest BCUT2D eigenvalue weighted by Crippen LogP contribution is 2.23. The van der Waals surface area contributed by atoms with Crippen molar-refractivity contribution in [2.45, 2.75) is 11.3 Å². The van der Waals surface area contributed by atoms with Crippen LogP contribution in [-0.4, -0.2) is 22.1 Å². The van der Waals surface area contributed by atoms with E-state index < -0.39 is 0 Å². The molecule has 2 aromatic heterocycles. The van der Waals surface area contributed by atoms with Crippen molar-refractivity contribution in [1.82, 2.24) is 9.97 Å². The Bertz CT molecular complexity index is 785. The number of thioether (sulfide) groups is 1. The SMILES string of the molecule is CSc1ccc(CC(=O)Nc2nc(-c3ccccn3)cs2)cc1. The zero-order valence-electron chi connectivity index (χ0n) is 12.5. The number of carbonyl (C=O) groups is 1. The van der Waals surface area contributed by atoms with Crippen molar-refractivity contribution < 1.29 is 4.79 Å². The van der Waals surface area contributed by atoms with E-state index in [0.29, 0.717) is 11.6 Å². The fourth-order valence-corrected chi connectivity index (χ4v) is 3.18. The fourth-order valence-electron chi connectivity index (χ4n) is 2.06. The molecule has 1 N–H and O–H groups in total. The van der Waals surface area contributed by atoms with E-state index in [4.69, 9.17) is 0 Å². The minimum atomic E-state index is -0.0659. The maximum Gasteiger partial charge on any atom is 0.230 e. The quantitative estimate of drug-likeness (QED) is 0.710. The van der Waals surface area contributed by atoms with E-state index in [1.165, 1.54) is 16.2 Å². The molecule has 23 heavy (non-hydrogen) atoms. The van der Waals surface area contributed by atoms with Gasteiger partial charge in [0.2, 0.25) is 5.91 Å². The van der Waals surface area contributed by atoms with E-state index in [0.717, 1.165) is 17.0 Å². The molecular weight excluding hydrogens is 326 g/mol. The van der Waals surface area contributed by atoms with Gasteiger partial charge >= 0.3 is 0 Å². The van der Waals surface area contributed by atoms with Gasteiger partial charge in [-0.05, 0) is 36.1 Å². The molecule has 2 heterocycles. The number of aromatic nitrogens is 2. The van der Waals surface area contributed by atoms with Crippen molar-refractivity contribution >= 4 is 34.1 Å². The first-order chi connectivity index (χ1) is 11.2. The molecular formula is C17H15N3OS2. The lowest BCUT2D eigenvalue weighted by atomic mass is 10.1. The van der Waals surface area contributed by atoms with E-state index in [9.17, 15) is 4.79 Å². The fraction of sp³-hybridized carbons (Fsp3) is 0.118. The monoisotopic (exact) mass is 341 g/mol. The average Bonchev–Trinajstić information content (AvgIpc) is 3.04. The Hall–Kier alpha value is -2.18. The van der Waals surface area contributed by atoms with Gasteiger partial charge in [0.25, 0.3) is 0 Å². The summed E-state index contributed by atoms with van der Waals surface area (Å²) < 4.78 is 0. The predicted molar refractivity (Wildman–Crippen MR) is 95.9 cm³/mol. The summed E-state index contributed by atoms with van der Waals surface area (Å²) >= 11 is 3.09. The molecule has 0 bridgehead atoms. The first kappa shape index (κ1) is 15.7. The lowest BCUT2D eigenvalue weighted by Crippen LogP contribution is -2.14. The Morgan fingerprint density at radius 3 is 2.70 bits per heavy atom. The van der Waals surface area contributed by atoms with Gasteiger partial charge in [-0.25, -0.2) is 4.98 Å². The van der Waals surface area contributed by atoms with Crippen LogP contribution in [0.15, 0.2) is 58.9 Å². The van der Waals surface area contributed by atoms with Gasteiger partial charge in [0, 0.05) is 16.5 Å². The maximum absolute atomic E-state index is 12.1. The van der Waals surface area contributed by atoms with Gasteiger partial charge < -0.3 is 5.32 Å². The minimum Gasteiger partial charge on any atom is -0.302 e. The summed E-state index contributed by atoms with van der Waals surface area (Å²) in [6.45, 7) is 0. The van der Waals surface area contributed by atoms with Gasteiger partial charge in [0.1, 0.15) is 5.69 Å². The molecule has 0 spiro atoms. The van der Waals surface area contributed by atoms with Gasteiger partial charge in [-0.1, -0.05) is 18.2 Å². The highest BCUT2D eigenvalue weighted by Gasteiger charge is 2.09. The van der Waals surface area contributed by atoms with E-state index in [1.54, 1.807) is 18.0 Å². The van der Waals surface area contributed by atoms with Crippen LogP contribution in [0, 0.1) is 0 Å². The number of nitrogens with one attached hydrogen (secondary N) is 1. The molecule has 0 unspecified atom stereocenters. The van der Waals surface area contributed by atoms with Crippen LogP contribution >= 0.6 is 23.1 Å². The molecule has 0 atom stereocenters. The molecule has 116 valence electrons. The number of thiazole rings is 1. The number of rotatable bonds is 5. The number of benzene rings is 1. The normalized spacial score (nSPS) is 10.5. The van der Waals surface area contributed by atoms with Crippen LogP contribution in [0.1, 0.15) is 5.56 Å². The summed E-state index contributed by atoms with van der Waals surface area (Å²) in [5, 5.41) is 5.33. The summed E-state index contributed by atoms with van der Waals surface area (Å²) in [5.74, 6) is -0.0659. The second-order valence-corrected chi connectivity index (χ2v) is 6.56.